The first-order chi connectivity index (χ1) is 8.03. The predicted octanol–water partition coefficient (Wildman–Crippen LogP) is 1.70. The molecule has 0 saturated carbocycles. The van der Waals surface area contributed by atoms with Crippen molar-refractivity contribution >= 4 is 27.1 Å². The lowest BCUT2D eigenvalue weighted by Gasteiger charge is -2.37. The molecule has 2 aliphatic rings. The van der Waals surface area contributed by atoms with Crippen molar-refractivity contribution in [3.05, 3.63) is 23.2 Å². The fraction of sp³-hybridized carbons (Fsp3) is 0.455. The molecular weight excluding hydrogens is 262 g/mol. The van der Waals surface area contributed by atoms with Gasteiger partial charge in [0.2, 0.25) is 0 Å². The Hall–Kier alpha value is -0.940. The summed E-state index contributed by atoms with van der Waals surface area (Å²) in [6, 6.07) is 5.18. The van der Waals surface area contributed by atoms with Crippen molar-refractivity contribution in [2.24, 2.45) is 0 Å². The van der Waals surface area contributed by atoms with Gasteiger partial charge in [-0.1, -0.05) is 11.6 Å². The molecule has 0 spiro atoms. The predicted molar refractivity (Wildman–Crippen MR) is 66.5 cm³/mol. The molecule has 0 aliphatic carbocycles. The minimum Gasteiger partial charge on any atom is -0.486 e. The Bertz CT molecular complexity index is 558. The fourth-order valence-corrected chi connectivity index (χ4v) is 4.08. The van der Waals surface area contributed by atoms with Crippen LogP contribution in [0, 0.1) is 0 Å². The van der Waals surface area contributed by atoms with E-state index in [2.05, 4.69) is 5.32 Å². The number of rotatable bonds is 0. The quantitative estimate of drug-likeness (QED) is 0.782. The van der Waals surface area contributed by atoms with Gasteiger partial charge in [0.05, 0.1) is 23.2 Å². The maximum atomic E-state index is 11.6. The summed E-state index contributed by atoms with van der Waals surface area (Å²) in [4.78, 5) is 0. The molecule has 2 atom stereocenters. The first-order valence-electron chi connectivity index (χ1n) is 5.47. The SMILES string of the molecule is O=S1(=O)CCC2Oc3cc(Cl)ccc3NC2C1. The smallest absolute Gasteiger partial charge is 0.152 e. The lowest BCUT2D eigenvalue weighted by Crippen LogP contribution is -2.50. The molecule has 0 radical (unpaired) electrons. The number of anilines is 1. The third kappa shape index (κ3) is 2.09. The fourth-order valence-electron chi connectivity index (χ4n) is 2.31. The van der Waals surface area contributed by atoms with Crippen molar-refractivity contribution in [3.63, 3.8) is 0 Å². The van der Waals surface area contributed by atoms with Crippen molar-refractivity contribution in [2.45, 2.75) is 18.6 Å². The van der Waals surface area contributed by atoms with E-state index >= 15 is 0 Å². The van der Waals surface area contributed by atoms with Crippen molar-refractivity contribution in [2.75, 3.05) is 16.8 Å². The highest BCUT2D eigenvalue weighted by atomic mass is 35.5. The molecule has 17 heavy (non-hydrogen) atoms. The monoisotopic (exact) mass is 273 g/mol. The van der Waals surface area contributed by atoms with Crippen molar-refractivity contribution in [3.8, 4) is 5.75 Å². The number of sulfone groups is 1. The van der Waals surface area contributed by atoms with Gasteiger partial charge in [0.1, 0.15) is 11.9 Å². The van der Waals surface area contributed by atoms with Gasteiger partial charge in [-0.3, -0.25) is 0 Å². The molecule has 92 valence electrons. The molecule has 0 bridgehead atoms. The Morgan fingerprint density at radius 3 is 3.06 bits per heavy atom. The average Bonchev–Trinajstić information content (AvgIpc) is 2.26. The van der Waals surface area contributed by atoms with Crippen LogP contribution in [0.3, 0.4) is 0 Å². The second-order valence-electron chi connectivity index (χ2n) is 4.45. The average molecular weight is 274 g/mol. The molecule has 1 aromatic carbocycles. The van der Waals surface area contributed by atoms with Gasteiger partial charge in [-0.05, 0) is 12.1 Å². The van der Waals surface area contributed by atoms with Crippen LogP contribution >= 0.6 is 11.6 Å². The highest BCUT2D eigenvalue weighted by Gasteiger charge is 2.37. The van der Waals surface area contributed by atoms with Crippen LogP contribution in [0.2, 0.25) is 5.02 Å². The lowest BCUT2D eigenvalue weighted by atomic mass is 10.1. The summed E-state index contributed by atoms with van der Waals surface area (Å²) in [5, 5.41) is 3.84. The zero-order valence-corrected chi connectivity index (χ0v) is 10.6. The van der Waals surface area contributed by atoms with E-state index in [1.165, 1.54) is 0 Å². The molecule has 1 fully saturated rings. The first kappa shape index (κ1) is 11.2. The summed E-state index contributed by atoms with van der Waals surface area (Å²) >= 11 is 5.89. The number of fused-ring (bicyclic) bond motifs is 2. The van der Waals surface area contributed by atoms with Gasteiger partial charge >= 0.3 is 0 Å². The number of hydrogen-bond donors (Lipinski definition) is 1. The summed E-state index contributed by atoms with van der Waals surface area (Å²) in [5.74, 6) is 1.05. The van der Waals surface area contributed by atoms with Gasteiger partial charge in [-0.25, -0.2) is 8.42 Å². The van der Waals surface area contributed by atoms with E-state index in [1.807, 2.05) is 6.07 Å². The molecule has 4 nitrogen and oxygen atoms in total. The minimum absolute atomic E-state index is 0.0792. The van der Waals surface area contributed by atoms with Crippen LogP contribution in [0.1, 0.15) is 6.42 Å². The number of ether oxygens (including phenoxy) is 1. The van der Waals surface area contributed by atoms with Crippen LogP contribution in [0.5, 0.6) is 5.75 Å². The van der Waals surface area contributed by atoms with Crippen molar-refractivity contribution in [1.29, 1.82) is 0 Å². The standard InChI is InChI=1S/C11H12ClNO3S/c12-7-1-2-8-11(5-7)16-10-3-4-17(14,15)6-9(10)13-8/h1-2,5,9-10,13H,3-4,6H2. The molecule has 0 aromatic heterocycles. The summed E-state index contributed by atoms with van der Waals surface area (Å²) in [5.41, 5.74) is 0.813. The number of nitrogens with one attached hydrogen (secondary N) is 1. The van der Waals surface area contributed by atoms with E-state index in [0.717, 1.165) is 5.69 Å². The lowest BCUT2D eigenvalue weighted by molar-refractivity contribution is 0.167. The highest BCUT2D eigenvalue weighted by Crippen LogP contribution is 2.36. The molecular formula is C11H12ClNO3S. The Morgan fingerprint density at radius 1 is 1.41 bits per heavy atom. The van der Waals surface area contributed by atoms with Gasteiger partial charge in [-0.2, -0.15) is 0 Å². The summed E-state index contributed by atoms with van der Waals surface area (Å²) in [6.07, 6.45) is 0.455. The van der Waals surface area contributed by atoms with Crippen LogP contribution in [0.25, 0.3) is 0 Å². The molecule has 6 heteroatoms. The van der Waals surface area contributed by atoms with E-state index in [9.17, 15) is 8.42 Å². The normalized spacial score (nSPS) is 29.5. The Labute approximate surface area is 105 Å². The van der Waals surface area contributed by atoms with Crippen LogP contribution in [0.15, 0.2) is 18.2 Å². The van der Waals surface area contributed by atoms with Crippen LogP contribution in [-0.4, -0.2) is 32.1 Å². The molecule has 0 amide bonds. The van der Waals surface area contributed by atoms with Crippen LogP contribution in [-0.2, 0) is 9.84 Å². The molecule has 2 heterocycles. The van der Waals surface area contributed by atoms with E-state index in [4.69, 9.17) is 16.3 Å². The van der Waals surface area contributed by atoms with Crippen LogP contribution < -0.4 is 10.1 Å². The first-order valence-corrected chi connectivity index (χ1v) is 7.67. The second-order valence-corrected chi connectivity index (χ2v) is 7.12. The van der Waals surface area contributed by atoms with Gasteiger partial charge < -0.3 is 10.1 Å². The third-order valence-electron chi connectivity index (χ3n) is 3.16. The number of benzene rings is 1. The molecule has 2 unspecified atom stereocenters. The van der Waals surface area contributed by atoms with E-state index < -0.39 is 9.84 Å². The molecule has 1 N–H and O–H groups in total. The van der Waals surface area contributed by atoms with Crippen molar-refractivity contribution in [1.82, 2.24) is 0 Å². The summed E-state index contributed by atoms with van der Waals surface area (Å²) < 4.78 is 28.9. The molecule has 1 aromatic rings. The highest BCUT2D eigenvalue weighted by molar-refractivity contribution is 7.91. The Morgan fingerprint density at radius 2 is 2.24 bits per heavy atom. The second kappa shape index (κ2) is 3.78. The summed E-state index contributed by atoms with van der Waals surface area (Å²) in [7, 11) is -2.93. The number of hydrogen-bond acceptors (Lipinski definition) is 4. The Kier molecular flexibility index (Phi) is 2.48. The van der Waals surface area contributed by atoms with E-state index in [-0.39, 0.29) is 23.7 Å². The van der Waals surface area contributed by atoms with Crippen LogP contribution in [0.4, 0.5) is 5.69 Å². The molecule has 3 rings (SSSR count). The summed E-state index contributed by atoms with van der Waals surface area (Å²) in [6.45, 7) is 0. The minimum atomic E-state index is -2.93. The van der Waals surface area contributed by atoms with E-state index in [1.54, 1.807) is 12.1 Å². The van der Waals surface area contributed by atoms with Crippen molar-refractivity contribution < 1.29 is 13.2 Å². The maximum Gasteiger partial charge on any atom is 0.152 e. The van der Waals surface area contributed by atoms with Gasteiger partial charge in [-0.15, -0.1) is 0 Å². The zero-order valence-electron chi connectivity index (χ0n) is 9.02. The third-order valence-corrected chi connectivity index (χ3v) is 5.12. The maximum absolute atomic E-state index is 11.6. The largest absolute Gasteiger partial charge is 0.486 e. The molecule has 1 saturated heterocycles. The van der Waals surface area contributed by atoms with Gasteiger partial charge in [0, 0.05) is 17.5 Å². The zero-order chi connectivity index (χ0) is 12.0. The topological polar surface area (TPSA) is 55.4 Å². The van der Waals surface area contributed by atoms with Gasteiger partial charge in [0.15, 0.2) is 9.84 Å². The molecule has 2 aliphatic heterocycles. The number of halogens is 1. The van der Waals surface area contributed by atoms with E-state index in [0.29, 0.717) is 17.2 Å². The Balaban J connectivity index is 1.92. The van der Waals surface area contributed by atoms with Gasteiger partial charge in [0.25, 0.3) is 0 Å².